The molecule has 156 valence electrons. The van der Waals surface area contributed by atoms with Gasteiger partial charge in [0.2, 0.25) is 0 Å². The fraction of sp³-hybridized carbons (Fsp3) is 0.125. The highest BCUT2D eigenvalue weighted by molar-refractivity contribution is 9.10. The first-order chi connectivity index (χ1) is 15.1. The van der Waals surface area contributed by atoms with Crippen molar-refractivity contribution < 1.29 is 9.90 Å². The van der Waals surface area contributed by atoms with Crippen molar-refractivity contribution in [2.75, 3.05) is 18.1 Å². The van der Waals surface area contributed by atoms with Crippen LogP contribution in [0.4, 0.5) is 5.82 Å². The van der Waals surface area contributed by atoms with Crippen molar-refractivity contribution in [3.05, 3.63) is 82.6 Å². The van der Waals surface area contributed by atoms with Crippen LogP contribution >= 0.6 is 27.7 Å². The molecule has 3 aromatic carbocycles. The molecule has 0 atom stereocenters. The summed E-state index contributed by atoms with van der Waals surface area (Å²) in [5.74, 6) is -0.194. The Labute approximate surface area is 193 Å². The zero-order valence-electron chi connectivity index (χ0n) is 16.8. The number of hydrogen-bond donors (Lipinski definition) is 2. The van der Waals surface area contributed by atoms with Crippen LogP contribution in [0.3, 0.4) is 0 Å². The summed E-state index contributed by atoms with van der Waals surface area (Å²) in [7, 11) is 0. The van der Waals surface area contributed by atoms with Gasteiger partial charge in [-0.25, -0.2) is 14.8 Å². The second-order valence-electron chi connectivity index (χ2n) is 6.94. The summed E-state index contributed by atoms with van der Waals surface area (Å²) in [5.41, 5.74) is 3.18. The first-order valence-corrected chi connectivity index (χ1v) is 11.7. The van der Waals surface area contributed by atoms with Gasteiger partial charge in [0.25, 0.3) is 0 Å². The number of rotatable bonds is 7. The van der Waals surface area contributed by atoms with Gasteiger partial charge in [-0.2, -0.15) is 0 Å². The summed E-state index contributed by atoms with van der Waals surface area (Å²) in [6, 6.07) is 19.7. The molecule has 0 bridgehead atoms. The van der Waals surface area contributed by atoms with Gasteiger partial charge in [-0.05, 0) is 47.2 Å². The molecule has 5 nitrogen and oxygen atoms in total. The number of anilines is 1. The molecule has 0 aliphatic heterocycles. The molecule has 0 amide bonds. The molecule has 7 heteroatoms. The molecule has 1 heterocycles. The lowest BCUT2D eigenvalue weighted by Gasteiger charge is -2.11. The Balaban J connectivity index is 1.50. The summed E-state index contributed by atoms with van der Waals surface area (Å²) in [6.45, 7) is 0.732. The molecule has 2 N–H and O–H groups in total. The third-order valence-electron chi connectivity index (χ3n) is 5.06. The van der Waals surface area contributed by atoms with Crippen molar-refractivity contribution in [3.8, 4) is 11.3 Å². The van der Waals surface area contributed by atoms with Crippen molar-refractivity contribution in [1.82, 2.24) is 9.97 Å². The average molecular weight is 494 g/mol. The van der Waals surface area contributed by atoms with Crippen molar-refractivity contribution in [3.63, 3.8) is 0 Å². The average Bonchev–Trinajstić information content (AvgIpc) is 2.80. The molecular weight excluding hydrogens is 474 g/mol. The lowest BCUT2D eigenvalue weighted by molar-refractivity contribution is 0.0693. The van der Waals surface area contributed by atoms with Gasteiger partial charge >= 0.3 is 5.97 Å². The number of halogens is 1. The molecule has 1 aromatic heterocycles. The van der Waals surface area contributed by atoms with Gasteiger partial charge in [0.05, 0.1) is 11.3 Å². The summed E-state index contributed by atoms with van der Waals surface area (Å²) in [4.78, 5) is 20.8. The van der Waals surface area contributed by atoms with Crippen LogP contribution in [0.25, 0.3) is 22.0 Å². The first-order valence-electron chi connectivity index (χ1n) is 9.70. The van der Waals surface area contributed by atoms with Crippen LogP contribution in [-0.2, 0) is 6.42 Å². The van der Waals surface area contributed by atoms with E-state index in [9.17, 15) is 9.90 Å². The highest BCUT2D eigenvalue weighted by atomic mass is 79.9. The van der Waals surface area contributed by atoms with Crippen LogP contribution in [0.1, 0.15) is 15.9 Å². The SMILES string of the molecule is CSc1cc(-c2cc(NCCc3ccc(Br)c4ccccc34)ncn2)ccc1C(=O)O. The smallest absolute Gasteiger partial charge is 0.336 e. The van der Waals surface area contributed by atoms with Gasteiger partial charge in [-0.3, -0.25) is 0 Å². The predicted molar refractivity (Wildman–Crippen MR) is 130 cm³/mol. The van der Waals surface area contributed by atoms with Crippen LogP contribution in [0.2, 0.25) is 0 Å². The van der Waals surface area contributed by atoms with Gasteiger partial charge in [0, 0.05) is 27.5 Å². The van der Waals surface area contributed by atoms with E-state index in [1.807, 2.05) is 24.5 Å². The van der Waals surface area contributed by atoms with Crippen LogP contribution in [-0.4, -0.2) is 33.8 Å². The zero-order valence-corrected chi connectivity index (χ0v) is 19.2. The van der Waals surface area contributed by atoms with E-state index in [1.165, 1.54) is 34.4 Å². The molecular formula is C24H20BrN3O2S. The lowest BCUT2D eigenvalue weighted by atomic mass is 10.0. The maximum atomic E-state index is 11.4. The molecule has 0 fully saturated rings. The standard InChI is InChI=1S/C24H20BrN3O2S/c1-31-22-12-16(6-8-19(22)24(29)30)21-13-23(28-14-27-21)26-11-10-15-7-9-20(25)18-5-3-2-4-17(15)18/h2-9,12-14H,10-11H2,1H3,(H,29,30)(H,26,27,28). The predicted octanol–water partition coefficient (Wildman–Crippen LogP) is 6.13. The number of nitrogens with zero attached hydrogens (tertiary/aromatic N) is 2. The fourth-order valence-corrected chi connectivity index (χ4v) is 4.61. The van der Waals surface area contributed by atoms with Crippen molar-refractivity contribution in [2.45, 2.75) is 11.3 Å². The first kappa shape index (κ1) is 21.3. The Bertz CT molecular complexity index is 1260. The molecule has 4 aromatic rings. The van der Waals surface area contributed by atoms with Gasteiger partial charge in [0.1, 0.15) is 12.1 Å². The van der Waals surface area contributed by atoms with Gasteiger partial charge in [-0.15, -0.1) is 11.8 Å². The van der Waals surface area contributed by atoms with Gasteiger partial charge < -0.3 is 10.4 Å². The highest BCUT2D eigenvalue weighted by Gasteiger charge is 2.12. The summed E-state index contributed by atoms with van der Waals surface area (Å²) < 4.78 is 1.10. The van der Waals surface area contributed by atoms with Crippen LogP contribution in [0.15, 0.2) is 76.4 Å². The number of nitrogens with one attached hydrogen (secondary N) is 1. The number of thioether (sulfide) groups is 1. The van der Waals surface area contributed by atoms with E-state index >= 15 is 0 Å². The molecule has 0 saturated carbocycles. The molecule has 0 aliphatic carbocycles. The summed E-state index contributed by atoms with van der Waals surface area (Å²) >= 11 is 5.03. The molecule has 31 heavy (non-hydrogen) atoms. The Morgan fingerprint density at radius 1 is 1.06 bits per heavy atom. The molecule has 4 rings (SSSR count). The number of carboxylic acid groups (broad SMARTS) is 1. The van der Waals surface area contributed by atoms with Crippen LogP contribution < -0.4 is 5.32 Å². The summed E-state index contributed by atoms with van der Waals surface area (Å²) in [6.07, 6.45) is 4.25. The summed E-state index contributed by atoms with van der Waals surface area (Å²) in [5, 5.41) is 15.1. The quantitative estimate of drug-likeness (QED) is 0.301. The van der Waals surface area contributed by atoms with E-state index in [-0.39, 0.29) is 0 Å². The number of fused-ring (bicyclic) bond motifs is 1. The van der Waals surface area contributed by atoms with Crippen molar-refractivity contribution >= 4 is 50.3 Å². The van der Waals surface area contributed by atoms with Crippen LogP contribution in [0, 0.1) is 0 Å². The largest absolute Gasteiger partial charge is 0.478 e. The van der Waals surface area contributed by atoms with E-state index in [0.717, 1.165) is 34.5 Å². The minimum Gasteiger partial charge on any atom is -0.478 e. The topological polar surface area (TPSA) is 75.1 Å². The minimum atomic E-state index is -0.929. The number of carbonyl (C=O) groups is 1. The second-order valence-corrected chi connectivity index (χ2v) is 8.64. The fourth-order valence-electron chi connectivity index (χ4n) is 3.51. The molecule has 0 radical (unpaired) electrons. The van der Waals surface area contributed by atoms with Crippen LogP contribution in [0.5, 0.6) is 0 Å². The zero-order chi connectivity index (χ0) is 21.8. The number of aromatic nitrogens is 2. The Morgan fingerprint density at radius 2 is 1.87 bits per heavy atom. The number of aromatic carboxylic acids is 1. The highest BCUT2D eigenvalue weighted by Crippen LogP contribution is 2.29. The Morgan fingerprint density at radius 3 is 2.65 bits per heavy atom. The normalized spacial score (nSPS) is 10.9. The third-order valence-corrected chi connectivity index (χ3v) is 6.53. The Kier molecular flexibility index (Phi) is 6.53. The van der Waals surface area contributed by atoms with E-state index in [4.69, 9.17) is 0 Å². The molecule has 0 spiro atoms. The van der Waals surface area contributed by atoms with E-state index in [2.05, 4.69) is 61.5 Å². The lowest BCUT2D eigenvalue weighted by Crippen LogP contribution is -2.07. The number of carboxylic acids is 1. The molecule has 0 unspecified atom stereocenters. The monoisotopic (exact) mass is 493 g/mol. The number of benzene rings is 3. The van der Waals surface area contributed by atoms with Gasteiger partial charge in [-0.1, -0.05) is 52.3 Å². The minimum absolute atomic E-state index is 0.297. The maximum Gasteiger partial charge on any atom is 0.336 e. The maximum absolute atomic E-state index is 11.4. The second kappa shape index (κ2) is 9.49. The van der Waals surface area contributed by atoms with Gasteiger partial charge in [0.15, 0.2) is 0 Å². The molecule has 0 saturated heterocycles. The van der Waals surface area contributed by atoms with E-state index in [0.29, 0.717) is 10.5 Å². The van der Waals surface area contributed by atoms with Crippen molar-refractivity contribution in [2.24, 2.45) is 0 Å². The van der Waals surface area contributed by atoms with Crippen molar-refractivity contribution in [1.29, 1.82) is 0 Å². The van der Waals surface area contributed by atoms with E-state index < -0.39 is 5.97 Å². The third kappa shape index (κ3) is 4.73. The van der Waals surface area contributed by atoms with E-state index in [1.54, 1.807) is 12.1 Å². The number of hydrogen-bond acceptors (Lipinski definition) is 5. The molecule has 0 aliphatic rings. The Hall–Kier alpha value is -2.90.